The van der Waals surface area contributed by atoms with Crippen LogP contribution >= 0.6 is 11.3 Å². The van der Waals surface area contributed by atoms with Gasteiger partial charge in [-0.25, -0.2) is 4.98 Å². The lowest BCUT2D eigenvalue weighted by atomic mass is 10.0. The van der Waals surface area contributed by atoms with Crippen LogP contribution in [0.2, 0.25) is 0 Å². The first-order valence-corrected chi connectivity index (χ1v) is 9.57. The number of aryl methyl sites for hydroxylation is 1. The third kappa shape index (κ3) is 3.24. The molecule has 1 amide bonds. The maximum absolute atomic E-state index is 13.2. The van der Waals surface area contributed by atoms with Crippen molar-refractivity contribution >= 4 is 28.6 Å². The number of thiazole rings is 1. The molecule has 0 bridgehead atoms. The summed E-state index contributed by atoms with van der Waals surface area (Å²) in [6, 6.07) is 11.7. The molecule has 0 aliphatic carbocycles. The highest BCUT2D eigenvalue weighted by molar-refractivity contribution is 7.09. The van der Waals surface area contributed by atoms with Crippen LogP contribution in [0.3, 0.4) is 0 Å². The normalized spacial score (nSPS) is 16.6. The third-order valence-electron chi connectivity index (χ3n) is 4.53. The highest BCUT2D eigenvalue weighted by Gasteiger charge is 2.37. The number of fused-ring (bicyclic) bond motifs is 1. The maximum atomic E-state index is 13.2. The van der Waals surface area contributed by atoms with Crippen molar-refractivity contribution in [2.24, 2.45) is 0 Å². The summed E-state index contributed by atoms with van der Waals surface area (Å²) in [6.45, 7) is 1.97. The lowest BCUT2D eigenvalue weighted by molar-refractivity contribution is -0.137. The van der Waals surface area contributed by atoms with E-state index in [4.69, 9.17) is 0 Å². The Bertz CT molecular complexity index is 1030. The number of carbonyl (C=O) groups excluding carboxylic acids is 1. The Balaban J connectivity index is 1.85. The molecular weight excluding hydrogens is 387 g/mol. The first-order chi connectivity index (χ1) is 13.4. The number of aromatic nitrogens is 1. The molecule has 0 fully saturated rings. The van der Waals surface area contributed by atoms with E-state index in [0.717, 1.165) is 23.6 Å². The Morgan fingerprint density at radius 2 is 1.96 bits per heavy atom. The van der Waals surface area contributed by atoms with Gasteiger partial charge in [-0.15, -0.1) is 11.3 Å². The first kappa shape index (κ1) is 18.5. The summed E-state index contributed by atoms with van der Waals surface area (Å²) in [5, 5.41) is 5.98. The molecule has 2 heterocycles. The van der Waals surface area contributed by atoms with Gasteiger partial charge in [0, 0.05) is 16.8 Å². The van der Waals surface area contributed by atoms with Crippen LogP contribution in [0.25, 0.3) is 0 Å². The number of anilines is 2. The van der Waals surface area contributed by atoms with Gasteiger partial charge in [-0.3, -0.25) is 9.69 Å². The predicted octanol–water partition coefficient (Wildman–Crippen LogP) is 5.50. The lowest BCUT2D eigenvalue weighted by Crippen LogP contribution is -2.43. The lowest BCUT2D eigenvalue weighted by Gasteiger charge is -2.37. The van der Waals surface area contributed by atoms with E-state index < -0.39 is 17.9 Å². The Kier molecular flexibility index (Phi) is 4.58. The van der Waals surface area contributed by atoms with Crippen molar-refractivity contribution in [2.45, 2.75) is 25.7 Å². The van der Waals surface area contributed by atoms with Crippen LogP contribution in [0.1, 0.15) is 39.7 Å². The molecule has 0 saturated carbocycles. The summed E-state index contributed by atoms with van der Waals surface area (Å²) in [7, 11) is 0. The monoisotopic (exact) mass is 403 g/mol. The van der Waals surface area contributed by atoms with E-state index in [1.54, 1.807) is 24.3 Å². The fourth-order valence-corrected chi connectivity index (χ4v) is 3.94. The zero-order valence-electron chi connectivity index (χ0n) is 14.8. The third-order valence-corrected chi connectivity index (χ3v) is 5.54. The van der Waals surface area contributed by atoms with Crippen molar-refractivity contribution in [2.75, 3.05) is 10.2 Å². The summed E-state index contributed by atoms with van der Waals surface area (Å²) in [4.78, 5) is 19.1. The molecule has 4 nitrogen and oxygen atoms in total. The van der Waals surface area contributed by atoms with Gasteiger partial charge < -0.3 is 5.32 Å². The van der Waals surface area contributed by atoms with E-state index in [9.17, 15) is 18.0 Å². The summed E-state index contributed by atoms with van der Waals surface area (Å²) < 4.78 is 39.6. The molecule has 3 aromatic rings. The Morgan fingerprint density at radius 3 is 2.68 bits per heavy atom. The number of halogens is 3. The average Bonchev–Trinajstić information content (AvgIpc) is 3.16. The van der Waals surface area contributed by atoms with Gasteiger partial charge in [-0.1, -0.05) is 25.1 Å². The van der Waals surface area contributed by atoms with Gasteiger partial charge in [0.15, 0.2) is 6.17 Å². The number of hydrogen-bond acceptors (Lipinski definition) is 4. The smallest absolute Gasteiger partial charge is 0.359 e. The molecule has 0 saturated heterocycles. The number of alkyl halides is 3. The summed E-state index contributed by atoms with van der Waals surface area (Å²) >= 11 is 1.46. The van der Waals surface area contributed by atoms with Crippen LogP contribution in [0.15, 0.2) is 53.9 Å². The highest BCUT2D eigenvalue weighted by Crippen LogP contribution is 2.39. The molecule has 0 radical (unpaired) electrons. The zero-order chi connectivity index (χ0) is 19.9. The minimum atomic E-state index is -4.49. The number of hydrogen-bond donors (Lipinski definition) is 1. The standard InChI is InChI=1S/C20H16F3N3OS/c1-2-17-24-16(11-28-17)18-25-15-9-4-3-8-14(15)19(27)26(18)13-7-5-6-12(10-13)20(21,22)23/h3-11,18,25H,2H2,1H3/t18-/m0/s1. The molecule has 0 unspecified atom stereocenters. The van der Waals surface area contributed by atoms with Gasteiger partial charge in [0.1, 0.15) is 0 Å². The molecule has 1 aliphatic heterocycles. The molecule has 1 N–H and O–H groups in total. The summed E-state index contributed by atoms with van der Waals surface area (Å²) in [5.41, 5.74) is 0.997. The van der Waals surface area contributed by atoms with Gasteiger partial charge in [0.05, 0.1) is 21.8 Å². The largest absolute Gasteiger partial charge is 0.416 e. The molecule has 8 heteroatoms. The molecular formula is C20H16F3N3OS. The maximum Gasteiger partial charge on any atom is 0.416 e. The molecule has 144 valence electrons. The first-order valence-electron chi connectivity index (χ1n) is 8.69. The summed E-state index contributed by atoms with van der Waals surface area (Å²) in [5.74, 6) is -0.371. The van der Waals surface area contributed by atoms with E-state index in [0.29, 0.717) is 16.9 Å². The van der Waals surface area contributed by atoms with E-state index in [1.807, 2.05) is 12.3 Å². The Hall–Kier alpha value is -2.87. The van der Waals surface area contributed by atoms with E-state index >= 15 is 0 Å². The number of rotatable bonds is 3. The zero-order valence-corrected chi connectivity index (χ0v) is 15.6. The van der Waals surface area contributed by atoms with Gasteiger partial charge in [0.25, 0.3) is 5.91 Å². The van der Waals surface area contributed by atoms with E-state index in [1.165, 1.54) is 28.4 Å². The van der Waals surface area contributed by atoms with Crippen molar-refractivity contribution in [3.63, 3.8) is 0 Å². The quantitative estimate of drug-likeness (QED) is 0.629. The minimum Gasteiger partial charge on any atom is -0.359 e. The average molecular weight is 403 g/mol. The molecule has 28 heavy (non-hydrogen) atoms. The fraction of sp³-hybridized carbons (Fsp3) is 0.200. The molecule has 1 atom stereocenters. The Labute approximate surface area is 163 Å². The summed E-state index contributed by atoms with van der Waals surface area (Å²) in [6.07, 6.45) is -4.45. The molecule has 0 spiro atoms. The topological polar surface area (TPSA) is 45.2 Å². The molecule has 1 aromatic heterocycles. The van der Waals surface area contributed by atoms with Crippen molar-refractivity contribution in [1.29, 1.82) is 0 Å². The number of nitrogens with one attached hydrogen (secondary N) is 1. The minimum absolute atomic E-state index is 0.165. The second kappa shape index (κ2) is 6.94. The van der Waals surface area contributed by atoms with Gasteiger partial charge in [-0.2, -0.15) is 13.2 Å². The number of benzene rings is 2. The molecule has 4 rings (SSSR count). The number of amides is 1. The molecule has 1 aliphatic rings. The highest BCUT2D eigenvalue weighted by atomic mass is 32.1. The van der Waals surface area contributed by atoms with Gasteiger partial charge in [-0.05, 0) is 36.8 Å². The van der Waals surface area contributed by atoms with E-state index in [2.05, 4.69) is 10.3 Å². The van der Waals surface area contributed by atoms with Crippen LogP contribution in [-0.2, 0) is 12.6 Å². The Morgan fingerprint density at radius 1 is 1.18 bits per heavy atom. The predicted molar refractivity (Wildman–Crippen MR) is 103 cm³/mol. The molecule has 2 aromatic carbocycles. The van der Waals surface area contributed by atoms with Crippen molar-refractivity contribution < 1.29 is 18.0 Å². The van der Waals surface area contributed by atoms with Crippen LogP contribution < -0.4 is 10.2 Å². The second-order valence-electron chi connectivity index (χ2n) is 6.34. The van der Waals surface area contributed by atoms with Crippen LogP contribution in [0, 0.1) is 0 Å². The number of para-hydroxylation sites is 1. The second-order valence-corrected chi connectivity index (χ2v) is 7.28. The van der Waals surface area contributed by atoms with Gasteiger partial charge >= 0.3 is 6.18 Å². The number of carbonyl (C=O) groups is 1. The van der Waals surface area contributed by atoms with E-state index in [-0.39, 0.29) is 11.6 Å². The number of nitrogens with zero attached hydrogens (tertiary/aromatic N) is 2. The van der Waals surface area contributed by atoms with Crippen LogP contribution in [0.5, 0.6) is 0 Å². The SMILES string of the molecule is CCc1nc([C@H]2Nc3ccccc3C(=O)N2c2cccc(C(F)(F)F)c2)cs1. The van der Waals surface area contributed by atoms with Crippen molar-refractivity contribution in [1.82, 2.24) is 4.98 Å². The van der Waals surface area contributed by atoms with Crippen molar-refractivity contribution in [3.8, 4) is 0 Å². The van der Waals surface area contributed by atoms with Crippen molar-refractivity contribution in [3.05, 3.63) is 75.7 Å². The van der Waals surface area contributed by atoms with Crippen LogP contribution in [-0.4, -0.2) is 10.9 Å². The fourth-order valence-electron chi connectivity index (χ4n) is 3.17. The van der Waals surface area contributed by atoms with Crippen LogP contribution in [0.4, 0.5) is 24.5 Å². The van der Waals surface area contributed by atoms with Gasteiger partial charge in [0.2, 0.25) is 0 Å².